The van der Waals surface area contributed by atoms with Gasteiger partial charge in [0.05, 0.1) is 24.8 Å². The lowest BCUT2D eigenvalue weighted by Crippen LogP contribution is -2.30. The van der Waals surface area contributed by atoms with Crippen LogP contribution in [0.4, 0.5) is 5.69 Å². The van der Waals surface area contributed by atoms with Crippen LogP contribution in [-0.4, -0.2) is 35.1 Å². The molecule has 1 amide bonds. The summed E-state index contributed by atoms with van der Waals surface area (Å²) in [6.07, 6.45) is 3.12. The van der Waals surface area contributed by atoms with E-state index in [2.05, 4.69) is 6.92 Å². The van der Waals surface area contributed by atoms with Gasteiger partial charge in [-0.05, 0) is 79.9 Å². The van der Waals surface area contributed by atoms with Crippen LogP contribution in [0.2, 0.25) is 5.02 Å². The van der Waals surface area contributed by atoms with Gasteiger partial charge in [-0.3, -0.25) is 14.5 Å². The van der Waals surface area contributed by atoms with Crippen LogP contribution >= 0.6 is 11.6 Å². The summed E-state index contributed by atoms with van der Waals surface area (Å²) in [5.41, 5.74) is 1.93. The summed E-state index contributed by atoms with van der Waals surface area (Å²) in [4.78, 5) is 28.3. The summed E-state index contributed by atoms with van der Waals surface area (Å²) in [5.74, 6) is -1.17. The van der Waals surface area contributed by atoms with Crippen LogP contribution in [0.3, 0.4) is 0 Å². The molecule has 204 valence electrons. The number of aliphatic hydroxyl groups is 1. The maximum absolute atomic E-state index is 13.5. The van der Waals surface area contributed by atoms with Crippen LogP contribution in [0.15, 0.2) is 66.2 Å². The largest absolute Gasteiger partial charge is 0.507 e. The minimum atomic E-state index is -0.994. The number of aliphatic hydroxyl groups excluding tert-OH is 1. The second-order valence-corrected chi connectivity index (χ2v) is 9.78. The molecule has 1 fully saturated rings. The molecule has 1 saturated heterocycles. The van der Waals surface area contributed by atoms with Gasteiger partial charge < -0.3 is 19.7 Å². The first kappa shape index (κ1) is 28.0. The fourth-order valence-corrected chi connectivity index (χ4v) is 4.78. The average molecular weight is 550 g/mol. The van der Waals surface area contributed by atoms with Crippen molar-refractivity contribution in [2.24, 2.45) is 0 Å². The number of rotatable bonds is 10. The van der Waals surface area contributed by atoms with Crippen molar-refractivity contribution in [3.8, 4) is 17.2 Å². The Labute approximate surface area is 233 Å². The molecule has 39 heavy (non-hydrogen) atoms. The smallest absolute Gasteiger partial charge is 0.300 e. The molecule has 3 aromatic rings. The highest BCUT2D eigenvalue weighted by Crippen LogP contribution is 2.45. The molecule has 1 aliphatic rings. The highest BCUT2D eigenvalue weighted by atomic mass is 35.5. The zero-order valence-electron chi connectivity index (χ0n) is 22.2. The number of halogens is 1. The lowest BCUT2D eigenvalue weighted by molar-refractivity contribution is -0.132. The first-order chi connectivity index (χ1) is 18.8. The van der Waals surface area contributed by atoms with Gasteiger partial charge >= 0.3 is 0 Å². The Balaban J connectivity index is 1.83. The zero-order chi connectivity index (χ0) is 28.1. The van der Waals surface area contributed by atoms with Gasteiger partial charge in [-0.15, -0.1) is 0 Å². The molecular weight excluding hydrogens is 518 g/mol. The number of Topliss-reactive ketones (excluding diaryl/α,β-unsaturated/α-hetero) is 1. The molecule has 0 aromatic heterocycles. The third-order valence-corrected chi connectivity index (χ3v) is 6.85. The van der Waals surface area contributed by atoms with E-state index in [1.54, 1.807) is 61.5 Å². The molecule has 1 heterocycles. The van der Waals surface area contributed by atoms with Gasteiger partial charge in [-0.25, -0.2) is 0 Å². The highest BCUT2D eigenvalue weighted by Gasteiger charge is 2.47. The van der Waals surface area contributed by atoms with Gasteiger partial charge in [-0.1, -0.05) is 43.5 Å². The second-order valence-electron chi connectivity index (χ2n) is 9.34. The molecule has 4 rings (SSSR count). The van der Waals surface area contributed by atoms with Crippen LogP contribution in [-0.2, 0) is 9.59 Å². The number of carbonyl (C=O) groups is 2. The monoisotopic (exact) mass is 549 g/mol. The molecule has 0 spiro atoms. The van der Waals surface area contributed by atoms with Crippen molar-refractivity contribution in [3.05, 3.63) is 87.9 Å². The predicted molar refractivity (Wildman–Crippen MR) is 152 cm³/mol. The van der Waals surface area contributed by atoms with Gasteiger partial charge in [0.1, 0.15) is 11.5 Å². The number of aryl methyl sites for hydroxylation is 1. The van der Waals surface area contributed by atoms with Crippen LogP contribution in [0, 0.1) is 6.92 Å². The molecule has 7 nitrogen and oxygen atoms in total. The molecule has 0 saturated carbocycles. The number of amides is 1. The summed E-state index contributed by atoms with van der Waals surface area (Å²) >= 11 is 6.27. The quantitative estimate of drug-likeness (QED) is 0.123. The normalized spacial score (nSPS) is 16.5. The maximum atomic E-state index is 13.5. The number of nitrogens with zero attached hydrogens (tertiary/aromatic N) is 1. The van der Waals surface area contributed by atoms with Crippen molar-refractivity contribution < 1.29 is 29.3 Å². The Morgan fingerprint density at radius 2 is 1.72 bits per heavy atom. The first-order valence-corrected chi connectivity index (χ1v) is 13.4. The van der Waals surface area contributed by atoms with Crippen LogP contribution in [0.25, 0.3) is 5.76 Å². The number of hydrogen-bond acceptors (Lipinski definition) is 6. The molecule has 0 bridgehead atoms. The number of phenolic OH excluding ortho intramolecular Hbond substituents is 1. The SMILES string of the molecule is CCCCCOc1ccc(/C(O)=C2\C(=O)C(=O)N(c3cc(Cl)ccc3C)C2c2ccc(O)c(OCC)c2)cc1. The number of aromatic hydroxyl groups is 1. The summed E-state index contributed by atoms with van der Waals surface area (Å²) in [6.45, 7) is 6.61. The van der Waals surface area contributed by atoms with E-state index in [0.717, 1.165) is 24.8 Å². The molecule has 2 N–H and O–H groups in total. The van der Waals surface area contributed by atoms with Crippen molar-refractivity contribution in [1.29, 1.82) is 0 Å². The summed E-state index contributed by atoms with van der Waals surface area (Å²) in [5, 5.41) is 22.1. The molecule has 8 heteroatoms. The van der Waals surface area contributed by atoms with Gasteiger partial charge in [0.25, 0.3) is 11.7 Å². The fraction of sp³-hybridized carbons (Fsp3) is 0.290. The Morgan fingerprint density at radius 3 is 2.41 bits per heavy atom. The van der Waals surface area contributed by atoms with E-state index in [1.165, 1.54) is 11.0 Å². The highest BCUT2D eigenvalue weighted by molar-refractivity contribution is 6.52. The van der Waals surface area contributed by atoms with E-state index < -0.39 is 17.7 Å². The number of phenols is 1. The number of ketones is 1. The van der Waals surface area contributed by atoms with Crippen molar-refractivity contribution in [2.45, 2.75) is 46.1 Å². The van der Waals surface area contributed by atoms with E-state index in [1.807, 2.05) is 6.92 Å². The Morgan fingerprint density at radius 1 is 0.974 bits per heavy atom. The number of carbonyl (C=O) groups excluding carboxylic acids is 2. The van der Waals surface area contributed by atoms with Crippen LogP contribution < -0.4 is 14.4 Å². The summed E-state index contributed by atoms with van der Waals surface area (Å²) < 4.78 is 11.3. The molecule has 1 aliphatic heterocycles. The van der Waals surface area contributed by atoms with E-state index >= 15 is 0 Å². The van der Waals surface area contributed by atoms with Crippen LogP contribution in [0.5, 0.6) is 17.2 Å². The number of benzene rings is 3. The van der Waals surface area contributed by atoms with Gasteiger partial charge in [0.2, 0.25) is 0 Å². The second kappa shape index (κ2) is 12.3. The minimum absolute atomic E-state index is 0.0778. The predicted octanol–water partition coefficient (Wildman–Crippen LogP) is 6.95. The van der Waals surface area contributed by atoms with Gasteiger partial charge in [-0.2, -0.15) is 0 Å². The number of anilines is 1. The van der Waals surface area contributed by atoms with E-state index in [4.69, 9.17) is 21.1 Å². The van der Waals surface area contributed by atoms with Gasteiger partial charge in [0, 0.05) is 16.3 Å². The topological polar surface area (TPSA) is 96.3 Å². The van der Waals surface area contributed by atoms with E-state index in [9.17, 15) is 19.8 Å². The van der Waals surface area contributed by atoms with E-state index in [0.29, 0.717) is 40.8 Å². The maximum Gasteiger partial charge on any atom is 0.300 e. The van der Waals surface area contributed by atoms with Crippen molar-refractivity contribution >= 4 is 34.7 Å². The zero-order valence-corrected chi connectivity index (χ0v) is 23.0. The number of ether oxygens (including phenoxy) is 2. The summed E-state index contributed by atoms with van der Waals surface area (Å²) in [6, 6.07) is 15.4. The van der Waals surface area contributed by atoms with Crippen molar-refractivity contribution in [2.75, 3.05) is 18.1 Å². The molecule has 0 radical (unpaired) electrons. The number of unbranched alkanes of at least 4 members (excludes halogenated alkanes) is 2. The number of hydrogen-bond donors (Lipinski definition) is 2. The molecular formula is C31H32ClNO6. The Bertz CT molecular complexity index is 1400. The molecule has 1 unspecified atom stereocenters. The molecule has 3 aromatic carbocycles. The Hall–Kier alpha value is -3.97. The average Bonchev–Trinajstić information content (AvgIpc) is 3.19. The molecule has 0 aliphatic carbocycles. The lowest BCUT2D eigenvalue weighted by Gasteiger charge is -2.27. The third-order valence-electron chi connectivity index (χ3n) is 6.62. The van der Waals surface area contributed by atoms with Crippen molar-refractivity contribution in [1.82, 2.24) is 0 Å². The minimum Gasteiger partial charge on any atom is -0.507 e. The van der Waals surface area contributed by atoms with Gasteiger partial charge in [0.15, 0.2) is 11.5 Å². The fourth-order valence-electron chi connectivity index (χ4n) is 4.62. The Kier molecular flexibility index (Phi) is 8.82. The third kappa shape index (κ3) is 5.88. The molecule has 1 atom stereocenters. The lowest BCUT2D eigenvalue weighted by atomic mass is 9.94. The standard InChI is InChI=1S/C31H32ClNO6/c1-4-6-7-16-39-23-13-9-20(10-14-23)29(35)27-28(21-11-15-25(34)26(17-21)38-5-2)33(31(37)30(27)36)24-18-22(32)12-8-19(24)3/h8-15,17-18,28,34-35H,4-7,16H2,1-3H3/b29-27+. The van der Waals surface area contributed by atoms with E-state index in [-0.39, 0.29) is 22.8 Å². The summed E-state index contributed by atoms with van der Waals surface area (Å²) in [7, 11) is 0. The van der Waals surface area contributed by atoms with Crippen LogP contribution in [0.1, 0.15) is 55.8 Å². The first-order valence-electron chi connectivity index (χ1n) is 13.0. The van der Waals surface area contributed by atoms with Crippen molar-refractivity contribution in [3.63, 3.8) is 0 Å².